The fraction of sp³-hybridized carbons (Fsp3) is 0.0769. The van der Waals surface area contributed by atoms with Crippen LogP contribution in [0.15, 0.2) is 53.0 Å². The summed E-state index contributed by atoms with van der Waals surface area (Å²) < 4.78 is 1.07. The fourth-order valence-corrected chi connectivity index (χ4v) is 1.85. The number of nitrogens with one attached hydrogen (secondary N) is 2. The highest BCUT2D eigenvalue weighted by molar-refractivity contribution is 9.10. The van der Waals surface area contributed by atoms with Crippen LogP contribution in [0, 0.1) is 0 Å². The minimum atomic E-state index is 1.07. The monoisotopic (exact) mass is 276 g/mol. The first-order chi connectivity index (χ1) is 7.78. The van der Waals surface area contributed by atoms with Gasteiger partial charge >= 0.3 is 0 Å². The van der Waals surface area contributed by atoms with Crippen LogP contribution >= 0.6 is 15.9 Å². The van der Waals surface area contributed by atoms with E-state index in [4.69, 9.17) is 0 Å². The second-order valence-electron chi connectivity index (χ2n) is 3.46. The number of rotatable bonds is 3. The van der Waals surface area contributed by atoms with Crippen LogP contribution in [0.3, 0.4) is 0 Å². The third-order valence-corrected chi connectivity index (χ3v) is 2.78. The molecule has 0 fully saturated rings. The zero-order valence-electron chi connectivity index (χ0n) is 9.00. The van der Waals surface area contributed by atoms with Gasteiger partial charge in [0.1, 0.15) is 0 Å². The molecule has 0 saturated carbocycles. The van der Waals surface area contributed by atoms with E-state index >= 15 is 0 Å². The van der Waals surface area contributed by atoms with Crippen LogP contribution in [0.5, 0.6) is 0 Å². The van der Waals surface area contributed by atoms with Crippen molar-refractivity contribution in [3.05, 3.63) is 53.0 Å². The molecule has 0 aromatic heterocycles. The average Bonchev–Trinajstić information content (AvgIpc) is 2.30. The molecule has 0 spiro atoms. The van der Waals surface area contributed by atoms with Gasteiger partial charge in [-0.2, -0.15) is 0 Å². The predicted molar refractivity (Wildman–Crippen MR) is 73.4 cm³/mol. The molecular formula is C13H13BrN2. The van der Waals surface area contributed by atoms with E-state index < -0.39 is 0 Å². The summed E-state index contributed by atoms with van der Waals surface area (Å²) in [7, 11) is 1.91. The van der Waals surface area contributed by atoms with E-state index in [1.165, 1.54) is 0 Å². The molecule has 0 bridgehead atoms. The van der Waals surface area contributed by atoms with Crippen LogP contribution in [-0.2, 0) is 0 Å². The van der Waals surface area contributed by atoms with E-state index in [9.17, 15) is 0 Å². The number of halogens is 1. The summed E-state index contributed by atoms with van der Waals surface area (Å²) in [6.07, 6.45) is 0. The van der Waals surface area contributed by atoms with Gasteiger partial charge in [0.05, 0.1) is 0 Å². The van der Waals surface area contributed by atoms with E-state index in [2.05, 4.69) is 26.6 Å². The van der Waals surface area contributed by atoms with E-state index in [1.54, 1.807) is 0 Å². The van der Waals surface area contributed by atoms with Crippen molar-refractivity contribution in [3.8, 4) is 0 Å². The normalized spacial score (nSPS) is 9.88. The first-order valence-corrected chi connectivity index (χ1v) is 5.87. The Morgan fingerprint density at radius 3 is 2.19 bits per heavy atom. The van der Waals surface area contributed by atoms with Gasteiger partial charge in [-0.25, -0.2) is 0 Å². The lowest BCUT2D eigenvalue weighted by molar-refractivity contribution is 1.49. The third-order valence-electron chi connectivity index (χ3n) is 2.29. The molecule has 2 aromatic rings. The zero-order valence-corrected chi connectivity index (χ0v) is 10.6. The molecule has 16 heavy (non-hydrogen) atoms. The van der Waals surface area contributed by atoms with Crippen molar-refractivity contribution in [2.45, 2.75) is 0 Å². The molecule has 0 heterocycles. The Bertz CT molecular complexity index is 466. The smallest absolute Gasteiger partial charge is 0.0395 e. The van der Waals surface area contributed by atoms with E-state index in [-0.39, 0.29) is 0 Å². The minimum Gasteiger partial charge on any atom is -0.388 e. The molecule has 3 heteroatoms. The van der Waals surface area contributed by atoms with Gasteiger partial charge < -0.3 is 10.6 Å². The Labute approximate surface area is 104 Å². The quantitative estimate of drug-likeness (QED) is 0.877. The lowest BCUT2D eigenvalue weighted by Gasteiger charge is -2.07. The number of anilines is 3. The average molecular weight is 277 g/mol. The van der Waals surface area contributed by atoms with Crippen LogP contribution in [0.1, 0.15) is 0 Å². The van der Waals surface area contributed by atoms with Crippen LogP contribution in [0.25, 0.3) is 0 Å². The van der Waals surface area contributed by atoms with Crippen LogP contribution < -0.4 is 10.6 Å². The van der Waals surface area contributed by atoms with E-state index in [0.717, 1.165) is 21.5 Å². The van der Waals surface area contributed by atoms with E-state index in [1.807, 2.05) is 55.6 Å². The van der Waals surface area contributed by atoms with Crippen molar-refractivity contribution in [2.75, 3.05) is 17.7 Å². The molecule has 2 aromatic carbocycles. The maximum Gasteiger partial charge on any atom is 0.0395 e. The first kappa shape index (κ1) is 11.0. The molecule has 2 N–H and O–H groups in total. The highest BCUT2D eigenvalue weighted by Crippen LogP contribution is 2.21. The van der Waals surface area contributed by atoms with Gasteiger partial charge in [-0.05, 0) is 42.5 Å². The van der Waals surface area contributed by atoms with Gasteiger partial charge in [0, 0.05) is 28.6 Å². The minimum absolute atomic E-state index is 1.07. The van der Waals surface area contributed by atoms with Crippen molar-refractivity contribution < 1.29 is 0 Å². The molecule has 0 radical (unpaired) electrons. The molecule has 0 aliphatic carbocycles. The second kappa shape index (κ2) is 5.03. The van der Waals surface area contributed by atoms with E-state index in [0.29, 0.717) is 0 Å². The summed E-state index contributed by atoms with van der Waals surface area (Å²) >= 11 is 3.45. The highest BCUT2D eigenvalue weighted by Gasteiger charge is 1.95. The molecule has 0 saturated heterocycles. The molecule has 0 atom stereocenters. The lowest BCUT2D eigenvalue weighted by atomic mass is 10.2. The summed E-state index contributed by atoms with van der Waals surface area (Å²) in [5.41, 5.74) is 3.27. The Hall–Kier alpha value is -1.48. The molecular weight excluding hydrogens is 264 g/mol. The summed E-state index contributed by atoms with van der Waals surface area (Å²) in [6, 6.07) is 16.3. The van der Waals surface area contributed by atoms with Crippen molar-refractivity contribution in [1.82, 2.24) is 0 Å². The summed E-state index contributed by atoms with van der Waals surface area (Å²) in [4.78, 5) is 0. The Kier molecular flexibility index (Phi) is 3.47. The van der Waals surface area contributed by atoms with Gasteiger partial charge in [-0.1, -0.05) is 22.0 Å². The molecule has 0 amide bonds. The SMILES string of the molecule is CNc1ccc(Nc2cccc(Br)c2)cc1. The van der Waals surface area contributed by atoms with Gasteiger partial charge in [-0.3, -0.25) is 0 Å². The Balaban J connectivity index is 2.14. The summed E-state index contributed by atoms with van der Waals surface area (Å²) in [5.74, 6) is 0. The largest absolute Gasteiger partial charge is 0.388 e. The highest BCUT2D eigenvalue weighted by atomic mass is 79.9. The van der Waals surface area contributed by atoms with Gasteiger partial charge in [0.25, 0.3) is 0 Å². The molecule has 2 rings (SSSR count). The molecule has 2 nitrogen and oxygen atoms in total. The van der Waals surface area contributed by atoms with Gasteiger partial charge in [0.15, 0.2) is 0 Å². The Morgan fingerprint density at radius 2 is 1.56 bits per heavy atom. The van der Waals surface area contributed by atoms with Crippen LogP contribution in [-0.4, -0.2) is 7.05 Å². The molecule has 0 unspecified atom stereocenters. The summed E-state index contributed by atoms with van der Waals surface area (Å²) in [6.45, 7) is 0. The Morgan fingerprint density at radius 1 is 0.875 bits per heavy atom. The number of benzene rings is 2. The van der Waals surface area contributed by atoms with Crippen molar-refractivity contribution in [2.24, 2.45) is 0 Å². The number of hydrogen-bond donors (Lipinski definition) is 2. The van der Waals surface area contributed by atoms with Crippen LogP contribution in [0.2, 0.25) is 0 Å². The lowest BCUT2D eigenvalue weighted by Crippen LogP contribution is -1.91. The topological polar surface area (TPSA) is 24.1 Å². The molecule has 82 valence electrons. The van der Waals surface area contributed by atoms with Crippen molar-refractivity contribution in [3.63, 3.8) is 0 Å². The first-order valence-electron chi connectivity index (χ1n) is 5.08. The van der Waals surface area contributed by atoms with Crippen molar-refractivity contribution in [1.29, 1.82) is 0 Å². The third kappa shape index (κ3) is 2.76. The zero-order chi connectivity index (χ0) is 11.4. The predicted octanol–water partition coefficient (Wildman–Crippen LogP) is 4.23. The molecule has 0 aliphatic heterocycles. The van der Waals surface area contributed by atoms with Crippen LogP contribution in [0.4, 0.5) is 17.1 Å². The second-order valence-corrected chi connectivity index (χ2v) is 4.38. The molecule has 0 aliphatic rings. The number of hydrogen-bond acceptors (Lipinski definition) is 2. The standard InChI is InChI=1S/C13H13BrN2/c1-15-11-5-7-12(8-6-11)16-13-4-2-3-10(14)9-13/h2-9,15-16H,1H3. The maximum atomic E-state index is 3.45. The fourth-order valence-electron chi connectivity index (χ4n) is 1.45. The van der Waals surface area contributed by atoms with Gasteiger partial charge in [0.2, 0.25) is 0 Å². The maximum absolute atomic E-state index is 3.45. The van der Waals surface area contributed by atoms with Gasteiger partial charge in [-0.15, -0.1) is 0 Å². The van der Waals surface area contributed by atoms with Crippen molar-refractivity contribution >= 4 is 33.0 Å². The summed E-state index contributed by atoms with van der Waals surface area (Å²) in [5, 5.41) is 6.43.